The first-order chi connectivity index (χ1) is 12.1. The van der Waals surface area contributed by atoms with Crippen molar-refractivity contribution in [1.82, 2.24) is 10.3 Å². The number of hydrogen-bond acceptors (Lipinski definition) is 4. The number of unbranched alkanes of at least 4 members (excludes halogenated alkanes) is 2. The first kappa shape index (κ1) is 18.8. The van der Waals surface area contributed by atoms with Gasteiger partial charge in [0.2, 0.25) is 0 Å². The average Bonchev–Trinajstić information content (AvgIpc) is 2.60. The molecule has 0 atom stereocenters. The van der Waals surface area contributed by atoms with Crippen LogP contribution in [0.1, 0.15) is 50.5 Å². The van der Waals surface area contributed by atoms with Crippen LogP contribution in [0.15, 0.2) is 42.6 Å². The first-order valence-electron chi connectivity index (χ1n) is 8.87. The minimum Gasteiger partial charge on any atom is -0.489 e. The zero-order valence-electron chi connectivity index (χ0n) is 15.2. The zero-order valence-corrected chi connectivity index (χ0v) is 15.2. The van der Waals surface area contributed by atoms with E-state index < -0.39 is 0 Å². The lowest BCUT2D eigenvalue weighted by Gasteiger charge is -2.15. The number of ether oxygens (including phenoxy) is 1. The van der Waals surface area contributed by atoms with Gasteiger partial charge in [0.1, 0.15) is 11.4 Å². The highest BCUT2D eigenvalue weighted by Crippen LogP contribution is 2.27. The van der Waals surface area contributed by atoms with Crippen molar-refractivity contribution in [3.8, 4) is 5.75 Å². The van der Waals surface area contributed by atoms with Crippen molar-refractivity contribution in [2.45, 2.75) is 46.1 Å². The van der Waals surface area contributed by atoms with E-state index in [4.69, 9.17) is 4.74 Å². The molecule has 1 heterocycles. The third kappa shape index (κ3) is 6.10. The van der Waals surface area contributed by atoms with Gasteiger partial charge in [0.15, 0.2) is 0 Å². The maximum absolute atomic E-state index is 12.0. The van der Waals surface area contributed by atoms with Crippen molar-refractivity contribution in [2.24, 2.45) is 0 Å². The van der Waals surface area contributed by atoms with E-state index in [0.29, 0.717) is 12.2 Å². The predicted molar refractivity (Wildman–Crippen MR) is 102 cm³/mol. The van der Waals surface area contributed by atoms with Crippen LogP contribution in [-0.2, 0) is 0 Å². The SMILES string of the molecule is CCCCCNC(=O)c1ccc(Nc2ccccc2OC(C)C)cn1. The summed E-state index contributed by atoms with van der Waals surface area (Å²) in [7, 11) is 0. The number of amides is 1. The fraction of sp³-hybridized carbons (Fsp3) is 0.400. The van der Waals surface area contributed by atoms with Gasteiger partial charge in [0.05, 0.1) is 23.7 Å². The quantitative estimate of drug-likeness (QED) is 0.658. The Bertz CT molecular complexity index is 669. The molecule has 134 valence electrons. The highest BCUT2D eigenvalue weighted by molar-refractivity contribution is 5.92. The van der Waals surface area contributed by atoms with Gasteiger partial charge in [-0.25, -0.2) is 4.98 Å². The summed E-state index contributed by atoms with van der Waals surface area (Å²) < 4.78 is 5.80. The van der Waals surface area contributed by atoms with E-state index >= 15 is 0 Å². The molecule has 0 fully saturated rings. The fourth-order valence-corrected chi connectivity index (χ4v) is 2.35. The number of benzene rings is 1. The molecule has 0 aliphatic carbocycles. The normalized spacial score (nSPS) is 10.6. The Morgan fingerprint density at radius 1 is 1.16 bits per heavy atom. The second kappa shape index (κ2) is 9.67. The Morgan fingerprint density at radius 2 is 1.96 bits per heavy atom. The molecule has 0 aliphatic heterocycles. The second-order valence-corrected chi connectivity index (χ2v) is 6.18. The molecule has 2 N–H and O–H groups in total. The lowest BCUT2D eigenvalue weighted by molar-refractivity contribution is 0.0948. The van der Waals surface area contributed by atoms with E-state index in [0.717, 1.165) is 36.4 Å². The molecule has 2 rings (SSSR count). The van der Waals surface area contributed by atoms with Gasteiger partial charge in [-0.2, -0.15) is 0 Å². The van der Waals surface area contributed by atoms with Crippen LogP contribution in [0, 0.1) is 0 Å². The first-order valence-corrected chi connectivity index (χ1v) is 8.87. The number of para-hydroxylation sites is 2. The molecular formula is C20H27N3O2. The molecule has 5 heteroatoms. The topological polar surface area (TPSA) is 63.2 Å². The van der Waals surface area contributed by atoms with Gasteiger partial charge in [0, 0.05) is 6.54 Å². The fourth-order valence-electron chi connectivity index (χ4n) is 2.35. The van der Waals surface area contributed by atoms with Crippen molar-refractivity contribution in [3.63, 3.8) is 0 Å². The largest absolute Gasteiger partial charge is 0.489 e. The summed E-state index contributed by atoms with van der Waals surface area (Å²) >= 11 is 0. The van der Waals surface area contributed by atoms with Crippen molar-refractivity contribution in [1.29, 1.82) is 0 Å². The third-order valence-corrected chi connectivity index (χ3v) is 3.59. The Morgan fingerprint density at radius 3 is 2.64 bits per heavy atom. The Labute approximate surface area is 149 Å². The van der Waals surface area contributed by atoms with E-state index in [9.17, 15) is 4.79 Å². The van der Waals surface area contributed by atoms with Crippen molar-refractivity contribution in [3.05, 3.63) is 48.3 Å². The van der Waals surface area contributed by atoms with Crippen LogP contribution in [-0.4, -0.2) is 23.5 Å². The highest BCUT2D eigenvalue weighted by atomic mass is 16.5. The Hall–Kier alpha value is -2.56. The molecule has 0 saturated carbocycles. The van der Waals surface area contributed by atoms with Gasteiger partial charge in [0.25, 0.3) is 5.91 Å². The van der Waals surface area contributed by atoms with Gasteiger partial charge >= 0.3 is 0 Å². The average molecular weight is 341 g/mol. The number of carbonyl (C=O) groups is 1. The number of hydrogen-bond donors (Lipinski definition) is 2. The van der Waals surface area contributed by atoms with Gasteiger partial charge in [-0.3, -0.25) is 4.79 Å². The summed E-state index contributed by atoms with van der Waals surface area (Å²) in [6.07, 6.45) is 5.01. The van der Waals surface area contributed by atoms with Gasteiger partial charge in [-0.15, -0.1) is 0 Å². The van der Waals surface area contributed by atoms with Crippen LogP contribution >= 0.6 is 0 Å². The molecule has 2 aromatic rings. The molecule has 25 heavy (non-hydrogen) atoms. The molecular weight excluding hydrogens is 314 g/mol. The van der Waals surface area contributed by atoms with E-state index in [1.165, 1.54) is 0 Å². The van der Waals surface area contributed by atoms with E-state index in [1.807, 2.05) is 44.2 Å². The molecule has 1 aromatic carbocycles. The zero-order chi connectivity index (χ0) is 18.1. The second-order valence-electron chi connectivity index (χ2n) is 6.18. The van der Waals surface area contributed by atoms with Crippen LogP contribution in [0.4, 0.5) is 11.4 Å². The lowest BCUT2D eigenvalue weighted by Crippen LogP contribution is -2.25. The molecule has 0 bridgehead atoms. The monoisotopic (exact) mass is 341 g/mol. The standard InChI is InChI=1S/C20H27N3O2/c1-4-5-8-13-21-20(24)18-12-11-16(14-22-18)23-17-9-6-7-10-19(17)25-15(2)3/h6-7,9-12,14-15,23H,4-5,8,13H2,1-3H3,(H,21,24). The maximum atomic E-state index is 12.0. The summed E-state index contributed by atoms with van der Waals surface area (Å²) in [6, 6.07) is 11.3. The number of carbonyl (C=O) groups excluding carboxylic acids is 1. The smallest absolute Gasteiger partial charge is 0.269 e. The molecule has 0 aliphatic rings. The van der Waals surface area contributed by atoms with Crippen LogP contribution < -0.4 is 15.4 Å². The van der Waals surface area contributed by atoms with E-state index in [-0.39, 0.29) is 12.0 Å². The van der Waals surface area contributed by atoms with Crippen LogP contribution in [0.2, 0.25) is 0 Å². The number of pyridine rings is 1. The number of aromatic nitrogens is 1. The molecule has 0 unspecified atom stereocenters. The predicted octanol–water partition coefficient (Wildman–Crippen LogP) is 4.53. The number of anilines is 2. The minimum absolute atomic E-state index is 0.0971. The molecule has 0 saturated heterocycles. The summed E-state index contributed by atoms with van der Waals surface area (Å²) in [5.41, 5.74) is 2.10. The summed E-state index contributed by atoms with van der Waals surface area (Å²) in [6.45, 7) is 6.81. The van der Waals surface area contributed by atoms with Crippen molar-refractivity contribution < 1.29 is 9.53 Å². The van der Waals surface area contributed by atoms with Crippen molar-refractivity contribution >= 4 is 17.3 Å². The molecule has 5 nitrogen and oxygen atoms in total. The van der Waals surface area contributed by atoms with Crippen LogP contribution in [0.3, 0.4) is 0 Å². The molecule has 0 spiro atoms. The van der Waals surface area contributed by atoms with Crippen LogP contribution in [0.25, 0.3) is 0 Å². The number of nitrogens with zero attached hydrogens (tertiary/aromatic N) is 1. The Balaban J connectivity index is 1.98. The number of rotatable bonds is 9. The third-order valence-electron chi connectivity index (χ3n) is 3.59. The van der Waals surface area contributed by atoms with Gasteiger partial charge < -0.3 is 15.4 Å². The summed E-state index contributed by atoms with van der Waals surface area (Å²) in [5.74, 6) is 0.654. The van der Waals surface area contributed by atoms with Gasteiger partial charge in [-0.1, -0.05) is 31.9 Å². The summed E-state index contributed by atoms with van der Waals surface area (Å²) in [4.78, 5) is 16.3. The Kier molecular flexibility index (Phi) is 7.26. The van der Waals surface area contributed by atoms with E-state index in [2.05, 4.69) is 22.5 Å². The number of nitrogens with one attached hydrogen (secondary N) is 2. The molecule has 0 radical (unpaired) electrons. The van der Waals surface area contributed by atoms with E-state index in [1.54, 1.807) is 12.3 Å². The van der Waals surface area contributed by atoms with Crippen molar-refractivity contribution in [2.75, 3.05) is 11.9 Å². The van der Waals surface area contributed by atoms with Crippen LogP contribution in [0.5, 0.6) is 5.75 Å². The molecule has 1 aromatic heterocycles. The maximum Gasteiger partial charge on any atom is 0.269 e. The minimum atomic E-state index is -0.133. The molecule has 1 amide bonds. The highest BCUT2D eigenvalue weighted by Gasteiger charge is 2.08. The lowest BCUT2D eigenvalue weighted by atomic mass is 10.2. The summed E-state index contributed by atoms with van der Waals surface area (Å²) in [5, 5.41) is 6.18. The van der Waals surface area contributed by atoms with Gasteiger partial charge in [-0.05, 0) is 44.5 Å².